The number of aromatic nitrogens is 4. The maximum atomic E-state index is 13.0. The monoisotopic (exact) mass is 514 g/mol. The molecule has 1 aliphatic heterocycles. The average Bonchev–Trinajstić information content (AvgIpc) is 3.41. The van der Waals surface area contributed by atoms with Gasteiger partial charge >= 0.3 is 6.61 Å². The van der Waals surface area contributed by atoms with Crippen LogP contribution in [0.5, 0.6) is 5.75 Å². The summed E-state index contributed by atoms with van der Waals surface area (Å²) in [5.41, 5.74) is 4.71. The quantitative estimate of drug-likeness (QED) is 0.342. The van der Waals surface area contributed by atoms with E-state index < -0.39 is 6.61 Å². The van der Waals surface area contributed by atoms with Crippen LogP contribution in [-0.4, -0.2) is 83.0 Å². The Morgan fingerprint density at radius 2 is 1.86 bits per heavy atom. The van der Waals surface area contributed by atoms with Crippen molar-refractivity contribution in [3.8, 4) is 16.9 Å². The van der Waals surface area contributed by atoms with E-state index in [0.717, 1.165) is 65.2 Å². The largest absolute Gasteiger partial charge is 0.496 e. The molecule has 1 saturated heterocycles. The molecule has 0 N–H and O–H groups in total. The first-order chi connectivity index (χ1) is 17.8. The van der Waals surface area contributed by atoms with Gasteiger partial charge in [-0.2, -0.15) is 8.78 Å². The molecular formula is C26H32F2N6O3. The number of rotatable bonds is 8. The summed E-state index contributed by atoms with van der Waals surface area (Å²) in [6, 6.07) is 3.52. The van der Waals surface area contributed by atoms with Gasteiger partial charge in [-0.25, -0.2) is 4.98 Å². The maximum Gasteiger partial charge on any atom is 0.345 e. The van der Waals surface area contributed by atoms with Crippen molar-refractivity contribution in [3.63, 3.8) is 0 Å². The highest BCUT2D eigenvalue weighted by molar-refractivity contribution is 6.05. The summed E-state index contributed by atoms with van der Waals surface area (Å²) in [4.78, 5) is 14.2. The number of methoxy groups -OCH3 is 1. The summed E-state index contributed by atoms with van der Waals surface area (Å²) in [6.45, 7) is 7.01. The van der Waals surface area contributed by atoms with E-state index in [1.807, 2.05) is 37.5 Å². The molecule has 37 heavy (non-hydrogen) atoms. The predicted molar refractivity (Wildman–Crippen MR) is 136 cm³/mol. The van der Waals surface area contributed by atoms with Crippen LogP contribution in [0, 0.1) is 13.8 Å². The van der Waals surface area contributed by atoms with Gasteiger partial charge in [0, 0.05) is 37.1 Å². The first-order valence-corrected chi connectivity index (χ1v) is 12.4. The summed E-state index contributed by atoms with van der Waals surface area (Å²) >= 11 is 0. The molecule has 0 unspecified atom stereocenters. The number of pyridine rings is 1. The fourth-order valence-corrected chi connectivity index (χ4v) is 5.16. The minimum Gasteiger partial charge on any atom is -0.496 e. The van der Waals surface area contributed by atoms with Crippen LogP contribution < -0.4 is 4.74 Å². The van der Waals surface area contributed by atoms with Gasteiger partial charge in [0.1, 0.15) is 22.9 Å². The van der Waals surface area contributed by atoms with Crippen molar-refractivity contribution in [1.82, 2.24) is 29.5 Å². The molecule has 0 radical (unpaired) electrons. The highest BCUT2D eigenvalue weighted by Gasteiger charge is 2.25. The van der Waals surface area contributed by atoms with Crippen molar-refractivity contribution in [2.75, 3.05) is 46.9 Å². The minimum absolute atomic E-state index is 0.142. The number of benzene rings is 1. The fraction of sp³-hybridized carbons (Fsp3) is 0.500. The number of hydrogen-bond donors (Lipinski definition) is 0. The maximum absolute atomic E-state index is 13.0. The number of aryl methyl sites for hydroxylation is 2. The Bertz CT molecular complexity index is 1390. The molecule has 0 amide bonds. The van der Waals surface area contributed by atoms with Crippen LogP contribution in [-0.2, 0) is 11.3 Å². The summed E-state index contributed by atoms with van der Waals surface area (Å²) < 4.78 is 43.8. The summed E-state index contributed by atoms with van der Waals surface area (Å²) in [5, 5.41) is 4.91. The van der Waals surface area contributed by atoms with E-state index in [0.29, 0.717) is 23.6 Å². The van der Waals surface area contributed by atoms with Gasteiger partial charge in [-0.05, 0) is 40.0 Å². The topological polar surface area (TPSA) is 81.7 Å². The lowest BCUT2D eigenvalue weighted by Gasteiger charge is -2.32. The fourth-order valence-electron chi connectivity index (χ4n) is 5.16. The molecule has 0 saturated carbocycles. The first kappa shape index (κ1) is 25.5. The molecule has 0 spiro atoms. The van der Waals surface area contributed by atoms with Gasteiger partial charge in [0.15, 0.2) is 0 Å². The molecule has 1 atom stereocenters. The second kappa shape index (κ2) is 10.3. The molecule has 1 aliphatic rings. The Hall–Kier alpha value is -3.15. The van der Waals surface area contributed by atoms with Crippen molar-refractivity contribution in [2.45, 2.75) is 40.0 Å². The normalized spacial score (nSPS) is 16.3. The Morgan fingerprint density at radius 3 is 2.51 bits per heavy atom. The molecular weight excluding hydrogens is 482 g/mol. The zero-order valence-corrected chi connectivity index (χ0v) is 21.8. The minimum atomic E-state index is -2.84. The number of likely N-dealkylation sites (N-methyl/N-ethyl adjacent to an activating group) is 1. The van der Waals surface area contributed by atoms with Crippen molar-refractivity contribution in [2.24, 2.45) is 0 Å². The molecule has 9 nitrogen and oxygen atoms in total. The lowest BCUT2D eigenvalue weighted by Crippen LogP contribution is -2.44. The molecule has 0 aliphatic carbocycles. The molecule has 1 aromatic carbocycles. The van der Waals surface area contributed by atoms with E-state index in [2.05, 4.69) is 22.0 Å². The third kappa shape index (κ3) is 4.90. The van der Waals surface area contributed by atoms with Crippen LogP contribution >= 0.6 is 0 Å². The molecule has 4 aromatic rings. The van der Waals surface area contributed by atoms with Crippen LogP contribution in [0.1, 0.15) is 30.2 Å². The standard InChI is InChI=1S/C26H32F2N6O3/c1-15(14-36-26(27)28)34-23(13-33-8-6-32(4)7-9-33)30-21-12-29-20-10-19(24-16(2)31-37-17(24)3)22(35-5)11-18(20)25(21)34/h10-12,15,26H,6-9,13-14H2,1-5H3/t15-/m1/s1. The van der Waals surface area contributed by atoms with Crippen LogP contribution in [0.15, 0.2) is 22.9 Å². The van der Waals surface area contributed by atoms with E-state index >= 15 is 0 Å². The van der Waals surface area contributed by atoms with Gasteiger partial charge in [0.25, 0.3) is 0 Å². The van der Waals surface area contributed by atoms with Gasteiger partial charge < -0.3 is 23.5 Å². The van der Waals surface area contributed by atoms with Crippen LogP contribution in [0.25, 0.3) is 33.1 Å². The third-order valence-electron chi connectivity index (χ3n) is 7.08. The Morgan fingerprint density at radius 1 is 1.11 bits per heavy atom. The van der Waals surface area contributed by atoms with E-state index in [1.165, 1.54) is 0 Å². The SMILES string of the molecule is COc1cc2c(cc1-c1c(C)noc1C)ncc1nc(CN3CCN(C)CC3)n([C@H](C)COC(F)F)c12. The number of hydrogen-bond acceptors (Lipinski definition) is 8. The molecule has 198 valence electrons. The number of halogens is 2. The van der Waals surface area contributed by atoms with E-state index in [-0.39, 0.29) is 12.6 Å². The van der Waals surface area contributed by atoms with Gasteiger partial charge in [-0.15, -0.1) is 0 Å². The Balaban J connectivity index is 1.67. The lowest BCUT2D eigenvalue weighted by molar-refractivity contribution is -0.135. The van der Waals surface area contributed by atoms with E-state index in [1.54, 1.807) is 13.3 Å². The van der Waals surface area contributed by atoms with Gasteiger partial charge in [-0.1, -0.05) is 5.16 Å². The number of nitrogens with zero attached hydrogens (tertiary/aromatic N) is 6. The number of ether oxygens (including phenoxy) is 2. The van der Waals surface area contributed by atoms with Crippen LogP contribution in [0.2, 0.25) is 0 Å². The average molecular weight is 515 g/mol. The molecule has 5 rings (SSSR count). The number of imidazole rings is 1. The van der Waals surface area contributed by atoms with Gasteiger partial charge in [0.05, 0.1) is 54.8 Å². The molecule has 0 bridgehead atoms. The van der Waals surface area contributed by atoms with Crippen molar-refractivity contribution in [1.29, 1.82) is 0 Å². The second-order valence-corrected chi connectivity index (χ2v) is 9.68. The highest BCUT2D eigenvalue weighted by Crippen LogP contribution is 2.39. The van der Waals surface area contributed by atoms with Crippen molar-refractivity contribution in [3.05, 3.63) is 35.6 Å². The number of alkyl halides is 2. The smallest absolute Gasteiger partial charge is 0.345 e. The van der Waals surface area contributed by atoms with Crippen molar-refractivity contribution >= 4 is 21.9 Å². The van der Waals surface area contributed by atoms with Crippen molar-refractivity contribution < 1.29 is 22.8 Å². The van der Waals surface area contributed by atoms with E-state index in [4.69, 9.17) is 24.0 Å². The Labute approximate surface area is 213 Å². The molecule has 1 fully saturated rings. The molecule has 11 heteroatoms. The highest BCUT2D eigenvalue weighted by atomic mass is 19.3. The number of piperazine rings is 1. The van der Waals surface area contributed by atoms with Gasteiger partial charge in [-0.3, -0.25) is 9.88 Å². The zero-order valence-electron chi connectivity index (χ0n) is 21.8. The Kier molecular flexibility index (Phi) is 7.11. The summed E-state index contributed by atoms with van der Waals surface area (Å²) in [7, 11) is 3.73. The molecule has 4 heterocycles. The first-order valence-electron chi connectivity index (χ1n) is 12.4. The summed E-state index contributed by atoms with van der Waals surface area (Å²) in [6.07, 6.45) is 1.74. The summed E-state index contributed by atoms with van der Waals surface area (Å²) in [5.74, 6) is 2.13. The lowest BCUT2D eigenvalue weighted by atomic mass is 10.0. The van der Waals surface area contributed by atoms with Crippen LogP contribution in [0.3, 0.4) is 0 Å². The molecule has 3 aromatic heterocycles. The van der Waals surface area contributed by atoms with E-state index in [9.17, 15) is 8.78 Å². The third-order valence-corrected chi connectivity index (χ3v) is 7.08. The number of fused-ring (bicyclic) bond motifs is 3. The zero-order chi connectivity index (χ0) is 26.3. The predicted octanol–water partition coefficient (Wildman–Crippen LogP) is 4.41. The van der Waals surface area contributed by atoms with Crippen LogP contribution in [0.4, 0.5) is 8.78 Å². The van der Waals surface area contributed by atoms with Gasteiger partial charge in [0.2, 0.25) is 0 Å². The second-order valence-electron chi connectivity index (χ2n) is 9.68.